The van der Waals surface area contributed by atoms with Gasteiger partial charge in [0, 0.05) is 56.8 Å². The Labute approximate surface area is 158 Å². The van der Waals surface area contributed by atoms with Crippen LogP contribution < -0.4 is 0 Å². The molecule has 0 aliphatic carbocycles. The number of hydrogen-bond acceptors (Lipinski definition) is 4. The maximum absolute atomic E-state index is 13.3. The summed E-state index contributed by atoms with van der Waals surface area (Å²) in [7, 11) is 0. The summed E-state index contributed by atoms with van der Waals surface area (Å²) in [5.41, 5.74) is 1.78. The van der Waals surface area contributed by atoms with Crippen molar-refractivity contribution in [2.45, 2.75) is 63.9 Å². The first-order chi connectivity index (χ1) is 12.7. The van der Waals surface area contributed by atoms with Crippen molar-refractivity contribution in [3.8, 4) is 0 Å². The smallest absolute Gasteiger partial charge is 0.250 e. The van der Waals surface area contributed by atoms with Crippen molar-refractivity contribution in [3.63, 3.8) is 0 Å². The monoisotopic (exact) mass is 384 g/mol. The third-order valence-corrected chi connectivity index (χ3v) is 5.98. The van der Waals surface area contributed by atoms with Crippen LogP contribution in [0.5, 0.6) is 0 Å². The fraction of sp³-hybridized carbons (Fsp3) is 0.789. The third kappa shape index (κ3) is 5.04. The first-order valence-electron chi connectivity index (χ1n) is 9.78. The molecule has 2 fully saturated rings. The summed E-state index contributed by atoms with van der Waals surface area (Å²) in [6.07, 6.45) is 1.82. The van der Waals surface area contributed by atoms with Gasteiger partial charge in [-0.3, -0.25) is 9.89 Å². The molecule has 6 nitrogen and oxygen atoms in total. The molecule has 27 heavy (non-hydrogen) atoms. The Morgan fingerprint density at radius 1 is 1.15 bits per heavy atom. The molecule has 0 bridgehead atoms. The van der Waals surface area contributed by atoms with Crippen LogP contribution in [0.4, 0.5) is 8.78 Å². The SMILES string of the molecule is Cc1n[nH]c(C)c1CC(=O)N1CCC[C@](O)(CN2CCC(F)(F)CC2)CC1. The average molecular weight is 384 g/mol. The Bertz CT molecular complexity index is 649. The lowest BCUT2D eigenvalue weighted by molar-refractivity contribution is -0.130. The second kappa shape index (κ2) is 7.83. The number of rotatable bonds is 4. The molecule has 2 saturated heterocycles. The average Bonchev–Trinajstić information content (AvgIpc) is 2.81. The highest BCUT2D eigenvalue weighted by Crippen LogP contribution is 2.30. The number of alkyl halides is 2. The second-order valence-electron chi connectivity index (χ2n) is 8.18. The highest BCUT2D eigenvalue weighted by Gasteiger charge is 2.38. The first kappa shape index (κ1) is 20.2. The van der Waals surface area contributed by atoms with Crippen molar-refractivity contribution in [1.29, 1.82) is 0 Å². The number of carbonyl (C=O) groups excluding carboxylic acids is 1. The highest BCUT2D eigenvalue weighted by molar-refractivity contribution is 5.79. The fourth-order valence-electron chi connectivity index (χ4n) is 4.14. The van der Waals surface area contributed by atoms with Gasteiger partial charge in [0.15, 0.2) is 0 Å². The Kier molecular flexibility index (Phi) is 5.86. The van der Waals surface area contributed by atoms with E-state index in [9.17, 15) is 18.7 Å². The van der Waals surface area contributed by atoms with Gasteiger partial charge in [-0.1, -0.05) is 0 Å². The number of aromatic amines is 1. The minimum Gasteiger partial charge on any atom is -0.388 e. The maximum atomic E-state index is 13.3. The fourth-order valence-corrected chi connectivity index (χ4v) is 4.14. The van der Waals surface area contributed by atoms with Crippen LogP contribution in [-0.2, 0) is 11.2 Å². The van der Waals surface area contributed by atoms with Crippen molar-refractivity contribution in [2.75, 3.05) is 32.7 Å². The molecule has 0 unspecified atom stereocenters. The molecular formula is C19H30F2N4O2. The van der Waals surface area contributed by atoms with E-state index in [1.54, 1.807) is 0 Å². The van der Waals surface area contributed by atoms with Crippen molar-refractivity contribution in [2.24, 2.45) is 0 Å². The zero-order valence-corrected chi connectivity index (χ0v) is 16.2. The summed E-state index contributed by atoms with van der Waals surface area (Å²) in [6.45, 7) is 5.95. The lowest BCUT2D eigenvalue weighted by atomic mass is 9.93. The van der Waals surface area contributed by atoms with E-state index in [0.29, 0.717) is 52.0 Å². The number of hydrogen-bond donors (Lipinski definition) is 2. The molecule has 1 amide bonds. The topological polar surface area (TPSA) is 72.5 Å². The van der Waals surface area contributed by atoms with Crippen molar-refractivity contribution in [3.05, 3.63) is 17.0 Å². The molecule has 3 heterocycles. The first-order valence-corrected chi connectivity index (χ1v) is 9.78. The molecule has 0 spiro atoms. The normalized spacial score (nSPS) is 26.8. The van der Waals surface area contributed by atoms with Gasteiger partial charge in [-0.2, -0.15) is 5.10 Å². The second-order valence-corrected chi connectivity index (χ2v) is 8.18. The molecule has 152 valence electrons. The molecule has 2 aliphatic rings. The Morgan fingerprint density at radius 3 is 2.48 bits per heavy atom. The molecule has 2 N–H and O–H groups in total. The number of nitrogens with one attached hydrogen (secondary N) is 1. The molecule has 1 aromatic heterocycles. The van der Waals surface area contributed by atoms with Gasteiger partial charge in [0.25, 0.3) is 5.92 Å². The summed E-state index contributed by atoms with van der Waals surface area (Å²) in [5.74, 6) is -2.53. The number of amides is 1. The summed E-state index contributed by atoms with van der Waals surface area (Å²) >= 11 is 0. The molecule has 8 heteroatoms. The van der Waals surface area contributed by atoms with E-state index in [2.05, 4.69) is 10.2 Å². The standard InChI is InChI=1S/C19H30F2N4O2/c1-14-16(15(2)23-22-14)12-17(26)25-8-3-4-18(27,5-11-25)13-24-9-6-19(20,21)7-10-24/h27H,3-13H2,1-2H3,(H,22,23)/t18-/m1/s1. The van der Waals surface area contributed by atoms with Gasteiger partial charge in [0.2, 0.25) is 5.91 Å². The summed E-state index contributed by atoms with van der Waals surface area (Å²) in [4.78, 5) is 16.5. The predicted molar refractivity (Wildman–Crippen MR) is 97.8 cm³/mol. The van der Waals surface area contributed by atoms with Gasteiger partial charge in [-0.25, -0.2) is 8.78 Å². The van der Waals surface area contributed by atoms with Gasteiger partial charge in [-0.15, -0.1) is 0 Å². The summed E-state index contributed by atoms with van der Waals surface area (Å²) in [5, 5.41) is 18.0. The van der Waals surface area contributed by atoms with Crippen LogP contribution in [-0.4, -0.2) is 75.3 Å². The third-order valence-electron chi connectivity index (χ3n) is 5.98. The molecule has 0 radical (unpaired) electrons. The van der Waals surface area contributed by atoms with Gasteiger partial charge in [0.1, 0.15) is 0 Å². The number of nitrogens with zero attached hydrogens (tertiary/aromatic N) is 3. The van der Waals surface area contributed by atoms with Crippen LogP contribution in [0.3, 0.4) is 0 Å². The Balaban J connectivity index is 1.54. The van der Waals surface area contributed by atoms with Crippen LogP contribution in [0.2, 0.25) is 0 Å². The van der Waals surface area contributed by atoms with Gasteiger partial charge >= 0.3 is 0 Å². The number of piperidine rings is 1. The predicted octanol–water partition coefficient (Wildman–Crippen LogP) is 2.04. The minimum absolute atomic E-state index is 0.0458. The van der Waals surface area contributed by atoms with Gasteiger partial charge in [0.05, 0.1) is 17.7 Å². The number of likely N-dealkylation sites (tertiary alicyclic amines) is 2. The summed E-state index contributed by atoms with van der Waals surface area (Å²) in [6, 6.07) is 0. The lowest BCUT2D eigenvalue weighted by Crippen LogP contribution is -2.48. The molecule has 3 rings (SSSR count). The van der Waals surface area contributed by atoms with Crippen LogP contribution in [0.25, 0.3) is 0 Å². The van der Waals surface area contributed by atoms with E-state index in [4.69, 9.17) is 0 Å². The number of halogens is 2. The molecule has 0 saturated carbocycles. The van der Waals surface area contributed by atoms with Crippen molar-refractivity contribution >= 4 is 5.91 Å². The molecule has 1 atom stereocenters. The van der Waals surface area contributed by atoms with Gasteiger partial charge in [-0.05, 0) is 33.1 Å². The number of aryl methyl sites for hydroxylation is 2. The molecule has 0 aromatic carbocycles. The number of carbonyl (C=O) groups is 1. The van der Waals surface area contributed by atoms with Crippen LogP contribution in [0, 0.1) is 13.8 Å². The van der Waals surface area contributed by atoms with Crippen molar-refractivity contribution in [1.82, 2.24) is 20.0 Å². The highest BCUT2D eigenvalue weighted by atomic mass is 19.3. The number of aliphatic hydroxyl groups is 1. The molecule has 1 aromatic rings. The van der Waals surface area contributed by atoms with Crippen LogP contribution in [0.1, 0.15) is 49.1 Å². The minimum atomic E-state index is -2.57. The Morgan fingerprint density at radius 2 is 1.85 bits per heavy atom. The van der Waals surface area contributed by atoms with Crippen molar-refractivity contribution < 1.29 is 18.7 Å². The van der Waals surface area contributed by atoms with E-state index < -0.39 is 11.5 Å². The number of β-amino-alcohol motifs (C(OH)–C–C–N with tert-alkyl or cyclic N) is 1. The lowest BCUT2D eigenvalue weighted by Gasteiger charge is -2.37. The van der Waals surface area contributed by atoms with Crippen LogP contribution in [0.15, 0.2) is 0 Å². The van der Waals surface area contributed by atoms with Gasteiger partial charge < -0.3 is 14.9 Å². The zero-order valence-electron chi connectivity index (χ0n) is 16.2. The van der Waals surface area contributed by atoms with E-state index in [-0.39, 0.29) is 18.7 Å². The van der Waals surface area contributed by atoms with E-state index in [1.807, 2.05) is 23.6 Å². The maximum Gasteiger partial charge on any atom is 0.250 e. The van der Waals surface area contributed by atoms with E-state index in [0.717, 1.165) is 23.4 Å². The summed E-state index contributed by atoms with van der Waals surface area (Å²) < 4.78 is 26.7. The largest absolute Gasteiger partial charge is 0.388 e. The van der Waals surface area contributed by atoms with E-state index in [1.165, 1.54) is 0 Å². The Hall–Kier alpha value is -1.54. The van der Waals surface area contributed by atoms with Crippen LogP contribution >= 0.6 is 0 Å². The number of H-pyrrole nitrogens is 1. The molecular weight excluding hydrogens is 354 g/mol. The zero-order chi connectivity index (χ0) is 19.7. The molecule has 2 aliphatic heterocycles. The van der Waals surface area contributed by atoms with E-state index >= 15 is 0 Å². The number of aromatic nitrogens is 2. The quantitative estimate of drug-likeness (QED) is 0.833.